The zero-order chi connectivity index (χ0) is 25.0. The molecule has 0 bridgehead atoms. The number of rotatable bonds is 11. The number of amides is 1. The molecule has 0 saturated carbocycles. The van der Waals surface area contributed by atoms with Crippen molar-refractivity contribution < 1.29 is 23.2 Å². The lowest BCUT2D eigenvalue weighted by atomic mass is 10.1. The van der Waals surface area contributed by atoms with E-state index in [1.165, 1.54) is 26.3 Å². The predicted octanol–water partition coefficient (Wildman–Crippen LogP) is 5.43. The number of esters is 1. The summed E-state index contributed by atoms with van der Waals surface area (Å²) in [6, 6.07) is 24.5. The summed E-state index contributed by atoms with van der Waals surface area (Å²) >= 11 is 1.30. The Hall–Kier alpha value is -3.55. The Morgan fingerprint density at radius 3 is 2.23 bits per heavy atom. The Morgan fingerprint density at radius 1 is 0.943 bits per heavy atom. The Morgan fingerprint density at radius 2 is 1.63 bits per heavy atom. The van der Waals surface area contributed by atoms with E-state index < -0.39 is 12.1 Å². The topological polar surface area (TPSA) is 65.1 Å². The molecule has 1 unspecified atom stereocenters. The van der Waals surface area contributed by atoms with Crippen molar-refractivity contribution in [1.82, 2.24) is 0 Å². The van der Waals surface area contributed by atoms with Crippen LogP contribution in [-0.4, -0.2) is 45.0 Å². The maximum atomic E-state index is 13.3. The number of hydrogen-bond acceptors (Lipinski definition) is 6. The van der Waals surface area contributed by atoms with Crippen molar-refractivity contribution >= 4 is 35.7 Å². The van der Waals surface area contributed by atoms with Crippen LogP contribution >= 0.6 is 12.0 Å². The monoisotopic (exact) mass is 491 g/mol. The molecule has 0 heterocycles. The van der Waals surface area contributed by atoms with Gasteiger partial charge in [0.2, 0.25) is 0 Å². The molecule has 0 fully saturated rings. The van der Waals surface area contributed by atoms with Gasteiger partial charge < -0.3 is 18.6 Å². The molecule has 0 spiro atoms. The van der Waals surface area contributed by atoms with E-state index in [1.54, 1.807) is 17.0 Å². The second kappa shape index (κ2) is 13.4. The highest BCUT2D eigenvalue weighted by atomic mass is 32.2. The third-order valence-corrected chi connectivity index (χ3v) is 5.70. The molecule has 3 aromatic rings. The first-order valence-corrected chi connectivity index (χ1v) is 12.2. The van der Waals surface area contributed by atoms with E-state index in [0.717, 1.165) is 22.6 Å². The van der Waals surface area contributed by atoms with Gasteiger partial charge in [-0.2, -0.15) is 0 Å². The van der Waals surface area contributed by atoms with Gasteiger partial charge in [0, 0.05) is 37.6 Å². The fourth-order valence-electron chi connectivity index (χ4n) is 3.49. The van der Waals surface area contributed by atoms with E-state index in [9.17, 15) is 9.59 Å². The molecule has 0 radical (unpaired) electrons. The van der Waals surface area contributed by atoms with E-state index in [1.807, 2.05) is 85.1 Å². The van der Waals surface area contributed by atoms with Gasteiger partial charge in [-0.15, -0.1) is 0 Å². The summed E-state index contributed by atoms with van der Waals surface area (Å²) in [5.41, 5.74) is 3.27. The summed E-state index contributed by atoms with van der Waals surface area (Å²) in [5.74, 6) is 0.269. The summed E-state index contributed by atoms with van der Waals surface area (Å²) < 4.78 is 15.4. The van der Waals surface area contributed by atoms with Crippen molar-refractivity contribution in [3.63, 3.8) is 0 Å². The van der Waals surface area contributed by atoms with E-state index >= 15 is 0 Å². The summed E-state index contributed by atoms with van der Waals surface area (Å²) in [7, 11) is 2.82. The Balaban J connectivity index is 1.79. The summed E-state index contributed by atoms with van der Waals surface area (Å²) in [6.07, 6.45) is 5.50. The summed E-state index contributed by atoms with van der Waals surface area (Å²) in [6.45, 7) is 0.388. The van der Waals surface area contributed by atoms with Gasteiger partial charge in [0.25, 0.3) is 5.91 Å². The smallest absolute Gasteiger partial charge is 0.335 e. The first-order chi connectivity index (χ1) is 17.0. The quantitative estimate of drug-likeness (QED) is 0.263. The van der Waals surface area contributed by atoms with Gasteiger partial charge in [-0.3, -0.25) is 4.79 Å². The van der Waals surface area contributed by atoms with E-state index in [2.05, 4.69) is 0 Å². The summed E-state index contributed by atoms with van der Waals surface area (Å²) in [4.78, 5) is 26.9. The lowest BCUT2D eigenvalue weighted by molar-refractivity contribution is -0.152. The summed E-state index contributed by atoms with van der Waals surface area (Å²) in [5, 5.41) is 0. The molecule has 1 atom stereocenters. The molecule has 1 amide bonds. The highest BCUT2D eigenvalue weighted by Crippen LogP contribution is 2.21. The first kappa shape index (κ1) is 26.1. The van der Waals surface area contributed by atoms with Gasteiger partial charge in [-0.25, -0.2) is 4.79 Å². The lowest BCUT2D eigenvalue weighted by Gasteiger charge is -2.22. The van der Waals surface area contributed by atoms with E-state index in [4.69, 9.17) is 13.7 Å². The van der Waals surface area contributed by atoms with Crippen molar-refractivity contribution in [2.24, 2.45) is 0 Å². The number of methoxy groups -OCH3 is 2. The van der Waals surface area contributed by atoms with Gasteiger partial charge in [-0.05, 0) is 47.5 Å². The van der Waals surface area contributed by atoms with Gasteiger partial charge in [0.1, 0.15) is 5.75 Å². The minimum Gasteiger partial charge on any atom is -0.467 e. The Kier molecular flexibility index (Phi) is 9.95. The van der Waals surface area contributed by atoms with Crippen LogP contribution in [-0.2, 0) is 20.7 Å². The van der Waals surface area contributed by atoms with Crippen molar-refractivity contribution in [2.45, 2.75) is 12.5 Å². The fourth-order valence-corrected chi connectivity index (χ4v) is 3.79. The molecule has 0 aliphatic carbocycles. The van der Waals surface area contributed by atoms with Crippen LogP contribution in [0.1, 0.15) is 21.5 Å². The molecular weight excluding hydrogens is 462 g/mol. The van der Waals surface area contributed by atoms with Crippen LogP contribution in [0, 0.1) is 0 Å². The molecule has 6 nitrogen and oxygen atoms in total. The normalized spacial score (nSPS) is 11.7. The highest BCUT2D eigenvalue weighted by Gasteiger charge is 2.20. The zero-order valence-corrected chi connectivity index (χ0v) is 20.9. The van der Waals surface area contributed by atoms with Gasteiger partial charge in [0.05, 0.1) is 19.2 Å². The Bertz CT molecular complexity index is 1110. The van der Waals surface area contributed by atoms with Crippen LogP contribution in [0.4, 0.5) is 5.69 Å². The maximum absolute atomic E-state index is 13.3. The second-order valence-electron chi connectivity index (χ2n) is 7.62. The van der Waals surface area contributed by atoms with Crippen LogP contribution in [0.5, 0.6) is 5.75 Å². The van der Waals surface area contributed by atoms with Crippen molar-refractivity contribution in [1.29, 1.82) is 0 Å². The molecule has 182 valence electrons. The molecule has 3 rings (SSSR count). The van der Waals surface area contributed by atoms with E-state index in [0.29, 0.717) is 18.5 Å². The minimum absolute atomic E-state index is 0.101. The number of hydrogen-bond donors (Lipinski definition) is 0. The third kappa shape index (κ3) is 7.47. The van der Waals surface area contributed by atoms with Crippen molar-refractivity contribution in [2.75, 3.05) is 31.9 Å². The number of nitrogens with zero attached hydrogens (tertiary/aromatic N) is 1. The average Bonchev–Trinajstić information content (AvgIpc) is 2.91. The molecule has 3 aromatic carbocycles. The Labute approximate surface area is 210 Å². The molecule has 0 N–H and O–H groups in total. The number of anilines is 1. The third-order valence-electron chi connectivity index (χ3n) is 5.34. The number of carbonyl (C=O) groups is 2. The highest BCUT2D eigenvalue weighted by molar-refractivity contribution is 7.94. The zero-order valence-electron chi connectivity index (χ0n) is 20.0. The largest absolute Gasteiger partial charge is 0.467 e. The van der Waals surface area contributed by atoms with Crippen LogP contribution in [0.15, 0.2) is 84.9 Å². The molecule has 7 heteroatoms. The van der Waals surface area contributed by atoms with E-state index in [-0.39, 0.29) is 5.91 Å². The van der Waals surface area contributed by atoms with Crippen LogP contribution < -0.4 is 9.08 Å². The first-order valence-electron chi connectivity index (χ1n) is 11.1. The van der Waals surface area contributed by atoms with Crippen LogP contribution in [0.3, 0.4) is 0 Å². The number of carbonyl (C=O) groups excluding carboxylic acids is 2. The van der Waals surface area contributed by atoms with Crippen molar-refractivity contribution in [3.05, 3.63) is 102 Å². The predicted molar refractivity (Wildman–Crippen MR) is 141 cm³/mol. The standard InChI is InChI=1S/C28H29NO5S/c1-32-26(28(31)33-2)20-22-11-15-24(16-12-22)29(27(30)23-9-5-4-6-10-23)19-7-8-21-13-17-25(18-14-21)34-35-3/h4-18,26H,19-20H2,1-3H3/b8-7+. The number of ether oxygens (including phenoxy) is 2. The van der Waals surface area contributed by atoms with Gasteiger partial charge >= 0.3 is 5.97 Å². The SMILES string of the molecule is COC(=O)C(Cc1ccc(N(C/C=C/c2ccc(OSC)cc2)C(=O)c2ccccc2)cc1)OC. The van der Waals surface area contributed by atoms with Crippen LogP contribution in [0.25, 0.3) is 6.08 Å². The maximum Gasteiger partial charge on any atom is 0.335 e. The molecule has 0 aliphatic heterocycles. The van der Waals surface area contributed by atoms with Gasteiger partial charge in [-0.1, -0.05) is 54.6 Å². The molecular formula is C28H29NO5S. The molecule has 0 aliphatic rings. The van der Waals surface area contributed by atoms with Crippen molar-refractivity contribution in [3.8, 4) is 5.75 Å². The average molecular weight is 492 g/mol. The second-order valence-corrected chi connectivity index (χ2v) is 8.12. The molecule has 0 aromatic heterocycles. The fraction of sp³-hybridized carbons (Fsp3) is 0.214. The molecule has 35 heavy (non-hydrogen) atoms. The van der Waals surface area contributed by atoms with Gasteiger partial charge in [0.15, 0.2) is 6.10 Å². The lowest BCUT2D eigenvalue weighted by Crippen LogP contribution is -2.31. The van der Waals surface area contributed by atoms with Crippen LogP contribution in [0.2, 0.25) is 0 Å². The molecule has 0 saturated heterocycles. The minimum atomic E-state index is -0.677. The number of benzene rings is 3.